The summed E-state index contributed by atoms with van der Waals surface area (Å²) in [5.41, 5.74) is 1.09. The van der Waals surface area contributed by atoms with Crippen LogP contribution in [-0.2, 0) is 16.1 Å². The molecular formula is C26H30ClFN4O4. The lowest BCUT2D eigenvalue weighted by Crippen LogP contribution is -2.39. The third-order valence-electron chi connectivity index (χ3n) is 6.55. The fraction of sp³-hybridized carbons (Fsp3) is 0.462. The lowest BCUT2D eigenvalue weighted by atomic mass is 10.0. The SMILES string of the molecule is CCCCCn1c(N2C[C@H](F)C[C@H]2C(=O)CCCC(=O)O)cc(=O)n2cc(-c3ccc(Cl)cc3)nc12. The van der Waals surface area contributed by atoms with Gasteiger partial charge in [-0.25, -0.2) is 9.37 Å². The largest absolute Gasteiger partial charge is 0.481 e. The smallest absolute Gasteiger partial charge is 0.303 e. The van der Waals surface area contributed by atoms with Crippen molar-refractivity contribution in [2.24, 2.45) is 0 Å². The summed E-state index contributed by atoms with van der Waals surface area (Å²) < 4.78 is 18.0. The number of imidazole rings is 1. The second-order valence-electron chi connectivity index (χ2n) is 9.22. The molecule has 4 rings (SSSR count). The van der Waals surface area contributed by atoms with E-state index in [1.54, 1.807) is 23.2 Å². The van der Waals surface area contributed by atoms with Crippen LogP contribution in [0.1, 0.15) is 51.9 Å². The molecule has 1 N–H and O–H groups in total. The Morgan fingerprint density at radius 1 is 1.17 bits per heavy atom. The maximum absolute atomic E-state index is 14.6. The van der Waals surface area contributed by atoms with E-state index in [0.717, 1.165) is 24.8 Å². The Hall–Kier alpha value is -3.20. The van der Waals surface area contributed by atoms with Crippen LogP contribution in [-0.4, -0.2) is 49.6 Å². The molecule has 1 aromatic carbocycles. The summed E-state index contributed by atoms with van der Waals surface area (Å²) in [4.78, 5) is 43.4. The van der Waals surface area contributed by atoms with E-state index < -0.39 is 18.2 Å². The average Bonchev–Trinajstić information content (AvgIpc) is 3.45. The Morgan fingerprint density at radius 2 is 1.92 bits per heavy atom. The second kappa shape index (κ2) is 11.2. The van der Waals surface area contributed by atoms with Gasteiger partial charge in [0.1, 0.15) is 12.0 Å². The van der Waals surface area contributed by atoms with Crippen molar-refractivity contribution in [3.8, 4) is 11.3 Å². The molecule has 10 heteroatoms. The Kier molecular flexibility index (Phi) is 8.08. The number of benzene rings is 1. The van der Waals surface area contributed by atoms with Gasteiger partial charge in [-0.3, -0.25) is 23.4 Å². The van der Waals surface area contributed by atoms with Gasteiger partial charge in [-0.15, -0.1) is 0 Å². The third kappa shape index (κ3) is 5.61. The first-order chi connectivity index (χ1) is 17.3. The number of aryl methyl sites for hydroxylation is 1. The maximum atomic E-state index is 14.6. The van der Waals surface area contributed by atoms with Crippen LogP contribution >= 0.6 is 11.6 Å². The molecule has 0 amide bonds. The Balaban J connectivity index is 1.76. The van der Waals surface area contributed by atoms with Crippen molar-refractivity contribution >= 4 is 34.9 Å². The molecule has 0 bridgehead atoms. The highest BCUT2D eigenvalue weighted by Crippen LogP contribution is 2.30. The van der Waals surface area contributed by atoms with E-state index in [2.05, 4.69) is 6.92 Å². The van der Waals surface area contributed by atoms with E-state index in [-0.39, 0.29) is 43.6 Å². The van der Waals surface area contributed by atoms with Gasteiger partial charge < -0.3 is 10.0 Å². The first kappa shape index (κ1) is 25.9. The number of alkyl halides is 1. The number of carbonyl (C=O) groups excluding carboxylic acids is 1. The molecule has 1 aliphatic rings. The van der Waals surface area contributed by atoms with Crippen molar-refractivity contribution in [1.29, 1.82) is 0 Å². The zero-order valence-electron chi connectivity index (χ0n) is 20.2. The summed E-state index contributed by atoms with van der Waals surface area (Å²) in [5.74, 6) is -0.291. The molecule has 0 radical (unpaired) electrons. The molecule has 2 aromatic heterocycles. The van der Waals surface area contributed by atoms with E-state index in [1.807, 2.05) is 16.7 Å². The quantitative estimate of drug-likeness (QED) is 0.369. The number of aliphatic carboxylic acids is 1. The van der Waals surface area contributed by atoms with Crippen molar-refractivity contribution in [3.63, 3.8) is 0 Å². The van der Waals surface area contributed by atoms with Gasteiger partial charge in [0.15, 0.2) is 5.78 Å². The molecule has 0 spiro atoms. The monoisotopic (exact) mass is 516 g/mol. The minimum Gasteiger partial charge on any atom is -0.481 e. The van der Waals surface area contributed by atoms with E-state index in [4.69, 9.17) is 21.7 Å². The number of carbonyl (C=O) groups is 2. The summed E-state index contributed by atoms with van der Waals surface area (Å²) in [5, 5.41) is 9.49. The topological polar surface area (TPSA) is 96.9 Å². The van der Waals surface area contributed by atoms with E-state index in [0.29, 0.717) is 28.9 Å². The van der Waals surface area contributed by atoms with Crippen LogP contribution in [0.5, 0.6) is 0 Å². The molecular weight excluding hydrogens is 487 g/mol. The van der Waals surface area contributed by atoms with Crippen LogP contribution in [0.15, 0.2) is 41.3 Å². The molecule has 0 saturated carbocycles. The van der Waals surface area contributed by atoms with Crippen LogP contribution in [0, 0.1) is 0 Å². The Bertz CT molecular complexity index is 1300. The number of unbranched alkanes of at least 4 members (excludes halogenated alkanes) is 2. The summed E-state index contributed by atoms with van der Waals surface area (Å²) in [7, 11) is 0. The van der Waals surface area contributed by atoms with Crippen LogP contribution < -0.4 is 10.5 Å². The van der Waals surface area contributed by atoms with Gasteiger partial charge in [0, 0.05) is 48.7 Å². The van der Waals surface area contributed by atoms with Crippen LogP contribution in [0.2, 0.25) is 5.02 Å². The zero-order valence-corrected chi connectivity index (χ0v) is 21.0. The minimum atomic E-state index is -1.22. The van der Waals surface area contributed by atoms with Crippen molar-refractivity contribution in [1.82, 2.24) is 14.0 Å². The first-order valence-corrected chi connectivity index (χ1v) is 12.7. The molecule has 3 heterocycles. The molecule has 0 unspecified atom stereocenters. The fourth-order valence-corrected chi connectivity index (χ4v) is 4.87. The molecule has 1 saturated heterocycles. The van der Waals surface area contributed by atoms with Gasteiger partial charge in [0.2, 0.25) is 5.78 Å². The number of carboxylic acids is 1. The average molecular weight is 517 g/mol. The number of Topliss-reactive ketones (excluding diaryl/α,β-unsaturated/α-hetero) is 1. The lowest BCUT2D eigenvalue weighted by molar-refractivity contribution is -0.137. The van der Waals surface area contributed by atoms with Crippen molar-refractivity contribution in [3.05, 3.63) is 51.9 Å². The zero-order chi connectivity index (χ0) is 25.8. The van der Waals surface area contributed by atoms with Crippen LogP contribution in [0.3, 0.4) is 0 Å². The minimum absolute atomic E-state index is 0.0104. The molecule has 1 fully saturated rings. The second-order valence-corrected chi connectivity index (χ2v) is 9.65. The number of halogens is 2. The van der Waals surface area contributed by atoms with Crippen LogP contribution in [0.25, 0.3) is 17.0 Å². The van der Waals surface area contributed by atoms with Gasteiger partial charge in [-0.05, 0) is 25.0 Å². The van der Waals surface area contributed by atoms with Crippen LogP contribution in [0.4, 0.5) is 10.2 Å². The predicted octanol–water partition coefficient (Wildman–Crippen LogP) is 4.75. The lowest BCUT2D eigenvalue weighted by Gasteiger charge is -2.28. The normalized spacial score (nSPS) is 17.7. The Morgan fingerprint density at radius 3 is 2.61 bits per heavy atom. The molecule has 8 nitrogen and oxygen atoms in total. The number of nitrogens with zero attached hydrogens (tertiary/aromatic N) is 4. The Labute approximate surface area is 213 Å². The predicted molar refractivity (Wildman–Crippen MR) is 137 cm³/mol. The summed E-state index contributed by atoms with van der Waals surface area (Å²) >= 11 is 6.02. The number of anilines is 1. The molecule has 2 atom stereocenters. The molecule has 36 heavy (non-hydrogen) atoms. The number of fused-ring (bicyclic) bond motifs is 1. The number of hydrogen-bond acceptors (Lipinski definition) is 5. The van der Waals surface area contributed by atoms with Gasteiger partial charge >= 0.3 is 5.97 Å². The highest BCUT2D eigenvalue weighted by molar-refractivity contribution is 6.30. The first-order valence-electron chi connectivity index (χ1n) is 12.3. The summed E-state index contributed by atoms with van der Waals surface area (Å²) in [6, 6.07) is 7.87. The van der Waals surface area contributed by atoms with E-state index >= 15 is 0 Å². The number of hydrogen-bond donors (Lipinski definition) is 1. The standard InChI is InChI=1S/C26H30ClFN4O4/c1-2-3-4-12-30-23(31-15-19(28)13-21(31)22(33)6-5-7-25(35)36)14-24(34)32-16-20(29-26(30)32)17-8-10-18(27)11-9-17/h8-11,14,16,19,21H,2-7,12-13,15H2,1H3,(H,35,36)/t19-,21+/m1/s1. The highest BCUT2D eigenvalue weighted by Gasteiger charge is 2.38. The summed E-state index contributed by atoms with van der Waals surface area (Å²) in [6.45, 7) is 2.64. The molecule has 0 aliphatic carbocycles. The summed E-state index contributed by atoms with van der Waals surface area (Å²) in [6.07, 6.45) is 3.39. The third-order valence-corrected chi connectivity index (χ3v) is 6.80. The van der Waals surface area contributed by atoms with Crippen molar-refractivity contribution < 1.29 is 19.1 Å². The van der Waals surface area contributed by atoms with Gasteiger partial charge in [0.05, 0.1) is 18.3 Å². The number of ketones is 1. The van der Waals surface area contributed by atoms with E-state index in [9.17, 15) is 18.8 Å². The van der Waals surface area contributed by atoms with E-state index in [1.165, 1.54) is 10.5 Å². The molecule has 192 valence electrons. The highest BCUT2D eigenvalue weighted by atomic mass is 35.5. The van der Waals surface area contributed by atoms with Gasteiger partial charge in [-0.2, -0.15) is 0 Å². The number of rotatable bonds is 11. The van der Waals surface area contributed by atoms with Gasteiger partial charge in [-0.1, -0.05) is 43.5 Å². The molecule has 3 aromatic rings. The van der Waals surface area contributed by atoms with Crippen molar-refractivity contribution in [2.45, 2.75) is 70.6 Å². The van der Waals surface area contributed by atoms with Crippen molar-refractivity contribution in [2.75, 3.05) is 11.4 Å². The van der Waals surface area contributed by atoms with Gasteiger partial charge in [0.25, 0.3) is 5.56 Å². The fourth-order valence-electron chi connectivity index (χ4n) is 4.74. The molecule has 1 aliphatic heterocycles. The number of carboxylic acid groups (broad SMARTS) is 1. The maximum Gasteiger partial charge on any atom is 0.303 e. The number of aromatic nitrogens is 3.